The molecule has 1 aromatic rings. The summed E-state index contributed by atoms with van der Waals surface area (Å²) in [5.74, 6) is 2.30. The summed E-state index contributed by atoms with van der Waals surface area (Å²) in [6.45, 7) is 1.63. The van der Waals surface area contributed by atoms with Gasteiger partial charge >= 0.3 is 0 Å². The van der Waals surface area contributed by atoms with Crippen LogP contribution in [-0.4, -0.2) is 17.4 Å². The minimum Gasteiger partial charge on any atom is -0.300 e. The van der Waals surface area contributed by atoms with E-state index in [1.807, 2.05) is 35.7 Å². The first kappa shape index (κ1) is 13.9. The molecule has 0 spiro atoms. The van der Waals surface area contributed by atoms with Crippen molar-refractivity contribution < 1.29 is 4.79 Å². The normalized spacial score (nSPS) is 10.3. The van der Waals surface area contributed by atoms with E-state index in [9.17, 15) is 4.79 Å². The van der Waals surface area contributed by atoms with Crippen LogP contribution >= 0.6 is 11.8 Å². The standard InChI is InChI=1S/C14H12N2OS/c1-3-9-16(12(2)17)14(10-18-11-15)13-7-5-4-6-8-13/h1,4-8,10H,9H2,2H3. The van der Waals surface area contributed by atoms with E-state index >= 15 is 0 Å². The first-order valence-electron chi connectivity index (χ1n) is 5.22. The lowest BCUT2D eigenvalue weighted by molar-refractivity contribution is -0.125. The molecule has 0 unspecified atom stereocenters. The van der Waals surface area contributed by atoms with Crippen LogP contribution in [0, 0.1) is 23.0 Å². The van der Waals surface area contributed by atoms with Gasteiger partial charge in [0, 0.05) is 12.3 Å². The summed E-state index contributed by atoms with van der Waals surface area (Å²) < 4.78 is 0. The molecule has 1 aromatic carbocycles. The van der Waals surface area contributed by atoms with Crippen LogP contribution in [0.3, 0.4) is 0 Å². The van der Waals surface area contributed by atoms with Crippen LogP contribution in [0.15, 0.2) is 35.7 Å². The van der Waals surface area contributed by atoms with Crippen LogP contribution in [0.5, 0.6) is 0 Å². The van der Waals surface area contributed by atoms with E-state index in [1.54, 1.807) is 5.41 Å². The van der Waals surface area contributed by atoms with Gasteiger partial charge in [0.05, 0.1) is 12.2 Å². The SMILES string of the molecule is C#CCN(C(C)=O)C(=CSC#N)c1ccccc1. The molecule has 0 saturated heterocycles. The predicted octanol–water partition coefficient (Wildman–Crippen LogP) is 2.68. The highest BCUT2D eigenvalue weighted by molar-refractivity contribution is 8.06. The molecule has 0 atom stereocenters. The summed E-state index contributed by atoms with van der Waals surface area (Å²) in [5, 5.41) is 12.2. The third kappa shape index (κ3) is 3.69. The van der Waals surface area contributed by atoms with E-state index in [0.717, 1.165) is 17.3 Å². The minimum absolute atomic E-state index is 0.151. The fourth-order valence-electron chi connectivity index (χ4n) is 1.44. The van der Waals surface area contributed by atoms with Gasteiger partial charge < -0.3 is 0 Å². The maximum Gasteiger partial charge on any atom is 0.224 e. The van der Waals surface area contributed by atoms with Crippen molar-refractivity contribution in [3.8, 4) is 17.7 Å². The summed E-state index contributed by atoms with van der Waals surface area (Å²) in [6.07, 6.45) is 5.27. The highest BCUT2D eigenvalue weighted by Crippen LogP contribution is 2.22. The second-order valence-electron chi connectivity index (χ2n) is 3.39. The molecular formula is C14H12N2OS. The molecule has 0 N–H and O–H groups in total. The van der Waals surface area contributed by atoms with Crippen LogP contribution in [0.2, 0.25) is 0 Å². The van der Waals surface area contributed by atoms with Gasteiger partial charge in [-0.3, -0.25) is 9.69 Å². The summed E-state index contributed by atoms with van der Waals surface area (Å²) in [4.78, 5) is 13.1. The quantitative estimate of drug-likeness (QED) is 0.614. The molecular weight excluding hydrogens is 244 g/mol. The third-order valence-corrected chi connectivity index (χ3v) is 2.66. The zero-order valence-corrected chi connectivity index (χ0v) is 10.8. The molecule has 0 fully saturated rings. The number of thioether (sulfide) groups is 1. The Morgan fingerprint density at radius 2 is 2.17 bits per heavy atom. The highest BCUT2D eigenvalue weighted by Gasteiger charge is 2.14. The Balaban J connectivity index is 3.18. The van der Waals surface area contributed by atoms with Crippen molar-refractivity contribution in [2.24, 2.45) is 0 Å². The van der Waals surface area contributed by atoms with Gasteiger partial charge in [-0.25, -0.2) is 0 Å². The summed E-state index contributed by atoms with van der Waals surface area (Å²) in [7, 11) is 0. The molecule has 18 heavy (non-hydrogen) atoms. The molecule has 90 valence electrons. The molecule has 0 aliphatic heterocycles. The first-order valence-corrected chi connectivity index (χ1v) is 6.10. The van der Waals surface area contributed by atoms with Crippen LogP contribution in [0.25, 0.3) is 5.70 Å². The Morgan fingerprint density at radius 3 is 2.67 bits per heavy atom. The van der Waals surface area contributed by atoms with Gasteiger partial charge in [0.25, 0.3) is 0 Å². The van der Waals surface area contributed by atoms with Crippen LogP contribution in [0.1, 0.15) is 12.5 Å². The number of rotatable bonds is 4. The summed E-state index contributed by atoms with van der Waals surface area (Å²) in [5.41, 5.74) is 1.50. The number of carbonyl (C=O) groups excluding carboxylic acids is 1. The highest BCUT2D eigenvalue weighted by atomic mass is 32.2. The van der Waals surface area contributed by atoms with Gasteiger partial charge in [-0.2, -0.15) is 5.26 Å². The molecule has 1 rings (SSSR count). The number of thiocyanates is 1. The van der Waals surface area contributed by atoms with E-state index < -0.39 is 0 Å². The molecule has 0 saturated carbocycles. The summed E-state index contributed by atoms with van der Waals surface area (Å²) in [6, 6.07) is 9.37. The van der Waals surface area contributed by atoms with E-state index in [1.165, 1.54) is 11.8 Å². The molecule has 1 amide bonds. The van der Waals surface area contributed by atoms with Crippen molar-refractivity contribution in [3.05, 3.63) is 41.3 Å². The lowest BCUT2D eigenvalue weighted by Crippen LogP contribution is -2.27. The number of nitriles is 1. The Morgan fingerprint density at radius 1 is 1.50 bits per heavy atom. The van der Waals surface area contributed by atoms with Gasteiger partial charge in [0.15, 0.2) is 0 Å². The van der Waals surface area contributed by atoms with Crippen molar-refractivity contribution >= 4 is 23.4 Å². The Hall–Kier alpha value is -2.17. The molecule has 0 heterocycles. The molecule has 0 aromatic heterocycles. The van der Waals surface area contributed by atoms with Gasteiger partial charge in [-0.1, -0.05) is 36.3 Å². The zero-order chi connectivity index (χ0) is 13.4. The number of terminal acetylenes is 1. The van der Waals surface area contributed by atoms with E-state index in [4.69, 9.17) is 11.7 Å². The van der Waals surface area contributed by atoms with E-state index in [2.05, 4.69) is 5.92 Å². The van der Waals surface area contributed by atoms with Crippen LogP contribution in [0.4, 0.5) is 0 Å². The van der Waals surface area contributed by atoms with Crippen LogP contribution < -0.4 is 0 Å². The average molecular weight is 256 g/mol. The second kappa shape index (κ2) is 7.21. The molecule has 0 aliphatic carbocycles. The zero-order valence-electron chi connectivity index (χ0n) is 9.96. The van der Waals surface area contributed by atoms with Crippen molar-refractivity contribution in [2.75, 3.05) is 6.54 Å². The molecule has 0 bridgehead atoms. The number of hydrogen-bond acceptors (Lipinski definition) is 3. The van der Waals surface area contributed by atoms with Gasteiger partial charge in [0.1, 0.15) is 5.40 Å². The average Bonchev–Trinajstić information content (AvgIpc) is 2.39. The van der Waals surface area contributed by atoms with Crippen molar-refractivity contribution in [1.29, 1.82) is 5.26 Å². The largest absolute Gasteiger partial charge is 0.300 e. The van der Waals surface area contributed by atoms with Gasteiger partial charge in [-0.05, 0) is 17.3 Å². The van der Waals surface area contributed by atoms with Gasteiger partial charge in [0.2, 0.25) is 5.91 Å². The maximum absolute atomic E-state index is 11.6. The fourth-order valence-corrected chi connectivity index (χ4v) is 1.86. The lowest BCUT2D eigenvalue weighted by atomic mass is 10.1. The monoisotopic (exact) mass is 256 g/mol. The van der Waals surface area contributed by atoms with Crippen molar-refractivity contribution in [2.45, 2.75) is 6.92 Å². The molecule has 3 nitrogen and oxygen atoms in total. The Bertz CT molecular complexity index is 523. The van der Waals surface area contributed by atoms with Crippen LogP contribution in [-0.2, 0) is 4.79 Å². The number of hydrogen-bond donors (Lipinski definition) is 0. The molecule has 0 aliphatic rings. The number of nitrogens with zero attached hydrogens (tertiary/aromatic N) is 2. The van der Waals surface area contributed by atoms with Gasteiger partial charge in [-0.15, -0.1) is 6.42 Å². The molecule has 0 radical (unpaired) electrons. The third-order valence-electron chi connectivity index (χ3n) is 2.21. The maximum atomic E-state index is 11.6. The smallest absolute Gasteiger partial charge is 0.224 e. The Labute approximate surface area is 111 Å². The van der Waals surface area contributed by atoms with E-state index in [0.29, 0.717) is 5.70 Å². The molecule has 4 heteroatoms. The number of carbonyl (C=O) groups is 1. The summed E-state index contributed by atoms with van der Waals surface area (Å²) >= 11 is 0.964. The van der Waals surface area contributed by atoms with E-state index in [-0.39, 0.29) is 12.5 Å². The second-order valence-corrected chi connectivity index (χ2v) is 4.04. The predicted molar refractivity (Wildman–Crippen MR) is 73.8 cm³/mol. The van der Waals surface area contributed by atoms with Crippen molar-refractivity contribution in [1.82, 2.24) is 4.90 Å². The first-order chi connectivity index (χ1) is 8.70. The topological polar surface area (TPSA) is 44.1 Å². The fraction of sp³-hybridized carbons (Fsp3) is 0.143. The lowest BCUT2D eigenvalue weighted by Gasteiger charge is -2.21. The van der Waals surface area contributed by atoms with Crippen molar-refractivity contribution in [3.63, 3.8) is 0 Å². The minimum atomic E-state index is -0.151. The number of amides is 1. The number of benzene rings is 1. The Kier molecular flexibility index (Phi) is 5.57.